The smallest absolute Gasteiger partial charge is 0.305 e. The van der Waals surface area contributed by atoms with Gasteiger partial charge in [0.05, 0.1) is 25.4 Å². The van der Waals surface area contributed by atoms with Gasteiger partial charge >= 0.3 is 5.97 Å². The number of nitrogens with one attached hydrogen (secondary N) is 1. The van der Waals surface area contributed by atoms with Crippen LogP contribution in [0.4, 0.5) is 0 Å². The monoisotopic (exact) mass is 1170 g/mol. The van der Waals surface area contributed by atoms with Crippen LogP contribution >= 0.6 is 0 Å². The van der Waals surface area contributed by atoms with Crippen LogP contribution in [0.3, 0.4) is 0 Å². The van der Waals surface area contributed by atoms with E-state index in [-0.39, 0.29) is 18.5 Å². The number of amides is 1. The van der Waals surface area contributed by atoms with Crippen molar-refractivity contribution in [3.63, 3.8) is 0 Å². The quantitative estimate of drug-likeness (QED) is 0.0417. The minimum atomic E-state index is -0.657. The number of aliphatic hydroxyl groups is 2. The molecule has 83 heavy (non-hydrogen) atoms. The Morgan fingerprint density at radius 3 is 0.735 bits per heavy atom. The fourth-order valence-electron chi connectivity index (χ4n) is 12.8. The molecule has 6 heteroatoms. The number of hydrogen-bond donors (Lipinski definition) is 3. The van der Waals surface area contributed by atoms with Gasteiger partial charge in [-0.3, -0.25) is 9.59 Å². The van der Waals surface area contributed by atoms with Crippen LogP contribution in [0.5, 0.6) is 0 Å². The Morgan fingerprint density at radius 2 is 0.494 bits per heavy atom. The van der Waals surface area contributed by atoms with Crippen LogP contribution in [-0.4, -0.2) is 47.4 Å². The minimum absolute atomic E-state index is 0.0269. The predicted octanol–water partition coefficient (Wildman–Crippen LogP) is 25.3. The maximum absolute atomic E-state index is 12.5. The molecule has 0 spiro atoms. The topological polar surface area (TPSA) is 95.9 Å². The molecule has 3 N–H and O–H groups in total. The minimum Gasteiger partial charge on any atom is -0.466 e. The molecule has 6 nitrogen and oxygen atoms in total. The molecule has 0 heterocycles. The van der Waals surface area contributed by atoms with Crippen LogP contribution in [0.25, 0.3) is 0 Å². The second-order valence-electron chi connectivity index (χ2n) is 27.1. The first-order valence-corrected chi connectivity index (χ1v) is 38.8. The van der Waals surface area contributed by atoms with Gasteiger partial charge in [0.2, 0.25) is 5.91 Å². The lowest BCUT2D eigenvalue weighted by molar-refractivity contribution is -0.143. The predicted molar refractivity (Wildman–Crippen MR) is 366 cm³/mol. The summed E-state index contributed by atoms with van der Waals surface area (Å²) in [6.07, 6.45) is 90.7. The van der Waals surface area contributed by atoms with Crippen molar-refractivity contribution in [2.75, 3.05) is 13.2 Å². The van der Waals surface area contributed by atoms with Gasteiger partial charge in [0.15, 0.2) is 0 Å². The number of hydrogen-bond acceptors (Lipinski definition) is 5. The van der Waals surface area contributed by atoms with Crippen molar-refractivity contribution >= 4 is 11.9 Å². The van der Waals surface area contributed by atoms with Gasteiger partial charge < -0.3 is 20.3 Å². The summed E-state index contributed by atoms with van der Waals surface area (Å²) in [7, 11) is 0. The van der Waals surface area contributed by atoms with E-state index in [1.165, 1.54) is 385 Å². The van der Waals surface area contributed by atoms with Crippen molar-refractivity contribution in [2.45, 2.75) is 469 Å². The molecule has 0 aromatic heterocycles. The summed E-state index contributed by atoms with van der Waals surface area (Å²) < 4.78 is 5.51. The molecular formula is C77H153NO5. The van der Waals surface area contributed by atoms with Gasteiger partial charge in [-0.15, -0.1) is 0 Å². The summed E-state index contributed by atoms with van der Waals surface area (Å²) in [5, 5.41) is 23.2. The molecule has 0 aliphatic heterocycles. The van der Waals surface area contributed by atoms with E-state index in [1.54, 1.807) is 0 Å². The lowest BCUT2D eigenvalue weighted by Gasteiger charge is -2.22. The number of unbranched alkanes of at least 4 members (excludes halogenated alkanes) is 63. The van der Waals surface area contributed by atoms with E-state index in [9.17, 15) is 19.8 Å². The summed E-state index contributed by atoms with van der Waals surface area (Å²) in [5.74, 6) is 0.00189. The average molecular weight is 1170 g/mol. The van der Waals surface area contributed by atoms with E-state index >= 15 is 0 Å². The number of ether oxygens (including phenoxy) is 1. The zero-order chi connectivity index (χ0) is 59.9. The lowest BCUT2D eigenvalue weighted by Crippen LogP contribution is -2.45. The average Bonchev–Trinajstić information content (AvgIpc) is 3.49. The molecule has 0 saturated heterocycles. The van der Waals surface area contributed by atoms with Gasteiger partial charge in [-0.1, -0.05) is 418 Å². The Hall–Kier alpha value is -1.14. The Labute approximate surface area is 521 Å². The third-order valence-corrected chi connectivity index (χ3v) is 18.7. The van der Waals surface area contributed by atoms with E-state index < -0.39 is 12.1 Å². The number of carbonyl (C=O) groups is 2. The maximum atomic E-state index is 12.5. The molecule has 0 aliphatic carbocycles. The first-order chi connectivity index (χ1) is 41.0. The molecule has 0 rings (SSSR count). The molecule has 0 aromatic carbocycles. The molecule has 496 valence electrons. The summed E-state index contributed by atoms with van der Waals surface area (Å²) in [5.41, 5.74) is 0. The Morgan fingerprint density at radius 1 is 0.289 bits per heavy atom. The summed E-state index contributed by atoms with van der Waals surface area (Å²) in [6.45, 7) is 5.00. The number of rotatable bonds is 74. The first-order valence-electron chi connectivity index (χ1n) is 38.8. The summed E-state index contributed by atoms with van der Waals surface area (Å²) >= 11 is 0. The molecule has 0 aliphatic rings. The highest BCUT2D eigenvalue weighted by Crippen LogP contribution is 2.20. The Kier molecular flexibility index (Phi) is 72.3. The zero-order valence-corrected chi connectivity index (χ0v) is 57.0. The van der Waals surface area contributed by atoms with Gasteiger partial charge in [-0.05, 0) is 25.7 Å². The fraction of sp³-hybridized carbons (Fsp3) is 0.974. The zero-order valence-electron chi connectivity index (χ0n) is 57.0. The van der Waals surface area contributed by atoms with E-state index in [4.69, 9.17) is 4.74 Å². The second-order valence-corrected chi connectivity index (χ2v) is 27.1. The third-order valence-electron chi connectivity index (χ3n) is 18.7. The van der Waals surface area contributed by atoms with Crippen molar-refractivity contribution in [3.05, 3.63) is 0 Å². The van der Waals surface area contributed by atoms with Crippen LogP contribution in [0, 0.1) is 0 Å². The van der Waals surface area contributed by atoms with E-state index in [1.807, 2.05) is 0 Å². The summed E-state index contributed by atoms with van der Waals surface area (Å²) in [4.78, 5) is 24.6. The van der Waals surface area contributed by atoms with Crippen LogP contribution in [-0.2, 0) is 14.3 Å². The number of esters is 1. The molecule has 0 aromatic rings. The summed E-state index contributed by atoms with van der Waals surface area (Å²) in [6, 6.07) is -0.534. The van der Waals surface area contributed by atoms with Crippen molar-refractivity contribution in [2.24, 2.45) is 0 Å². The maximum Gasteiger partial charge on any atom is 0.305 e. The van der Waals surface area contributed by atoms with Crippen LogP contribution < -0.4 is 5.32 Å². The molecule has 2 atom stereocenters. The molecule has 1 amide bonds. The first kappa shape index (κ1) is 81.9. The molecule has 0 fully saturated rings. The Balaban J connectivity index is 3.25. The molecular weight excluding hydrogens is 1020 g/mol. The standard InChI is InChI=1S/C77H153NO5/c1-3-5-7-9-11-13-15-16-17-44-47-51-55-59-63-67-71-77(82)83-72-68-64-60-56-52-48-45-42-40-38-36-34-32-30-28-26-24-22-20-18-19-21-23-25-27-29-31-33-35-37-39-41-43-46-50-54-58-62-66-70-76(81)78-74(73-79)75(80)69-65-61-57-53-49-14-12-10-8-6-4-2/h74-75,79-80H,3-73H2,1-2H3,(H,78,81). The van der Waals surface area contributed by atoms with Crippen LogP contribution in [0.15, 0.2) is 0 Å². The Bertz CT molecular complexity index is 1210. The number of carbonyl (C=O) groups excluding carboxylic acids is 2. The van der Waals surface area contributed by atoms with Crippen LogP contribution in [0.2, 0.25) is 0 Å². The van der Waals surface area contributed by atoms with Gasteiger partial charge in [-0.25, -0.2) is 0 Å². The van der Waals surface area contributed by atoms with E-state index in [0.29, 0.717) is 25.9 Å². The highest BCUT2D eigenvalue weighted by atomic mass is 16.5. The molecule has 0 radical (unpaired) electrons. The lowest BCUT2D eigenvalue weighted by atomic mass is 10.0. The molecule has 2 unspecified atom stereocenters. The van der Waals surface area contributed by atoms with E-state index in [0.717, 1.165) is 38.5 Å². The van der Waals surface area contributed by atoms with Gasteiger partial charge in [-0.2, -0.15) is 0 Å². The van der Waals surface area contributed by atoms with Crippen LogP contribution in [0.1, 0.15) is 457 Å². The van der Waals surface area contributed by atoms with Gasteiger partial charge in [0, 0.05) is 12.8 Å². The largest absolute Gasteiger partial charge is 0.466 e. The normalized spacial score (nSPS) is 12.4. The highest BCUT2D eigenvalue weighted by Gasteiger charge is 2.20. The highest BCUT2D eigenvalue weighted by molar-refractivity contribution is 5.76. The van der Waals surface area contributed by atoms with Crippen molar-refractivity contribution in [3.8, 4) is 0 Å². The molecule has 0 bridgehead atoms. The SMILES string of the molecule is CCCCCCCCCCCCCCCCCCC(=O)OCCCCCCCCCCCCCCCCCCCCCCCCCCCCCCCCCCCCCCCCCC(=O)NC(CO)C(O)CCCCCCCCCCCCC. The van der Waals surface area contributed by atoms with Crippen molar-refractivity contribution in [1.29, 1.82) is 0 Å². The molecule has 0 saturated carbocycles. The van der Waals surface area contributed by atoms with Crippen molar-refractivity contribution < 1.29 is 24.5 Å². The van der Waals surface area contributed by atoms with Gasteiger partial charge in [0.1, 0.15) is 0 Å². The third kappa shape index (κ3) is 69.8. The van der Waals surface area contributed by atoms with Crippen molar-refractivity contribution in [1.82, 2.24) is 5.32 Å². The second kappa shape index (κ2) is 73.3. The fourth-order valence-corrected chi connectivity index (χ4v) is 12.8. The number of aliphatic hydroxyl groups excluding tert-OH is 2. The van der Waals surface area contributed by atoms with E-state index in [2.05, 4.69) is 19.2 Å². The van der Waals surface area contributed by atoms with Gasteiger partial charge in [0.25, 0.3) is 0 Å².